The molecule has 0 radical (unpaired) electrons. The molecule has 7 heteroatoms. The highest BCUT2D eigenvalue weighted by atomic mass is 35.5. The maximum absolute atomic E-state index is 12.8. The summed E-state index contributed by atoms with van der Waals surface area (Å²) in [5.41, 5.74) is 2.12. The molecule has 2 heterocycles. The van der Waals surface area contributed by atoms with Gasteiger partial charge in [0, 0.05) is 29.1 Å². The van der Waals surface area contributed by atoms with Crippen LogP contribution in [-0.2, 0) is 0 Å². The molecule has 1 aliphatic heterocycles. The quantitative estimate of drug-likeness (QED) is 0.660. The van der Waals surface area contributed by atoms with E-state index < -0.39 is 0 Å². The second-order valence-electron chi connectivity index (χ2n) is 6.55. The third-order valence-corrected chi connectivity index (χ3v) is 5.74. The van der Waals surface area contributed by atoms with Gasteiger partial charge in [0.05, 0.1) is 11.3 Å². The third-order valence-electron chi connectivity index (χ3n) is 4.61. The molecular weight excluding hydrogens is 394 g/mol. The number of rotatable bonds is 4. The zero-order valence-electron chi connectivity index (χ0n) is 15.0. The van der Waals surface area contributed by atoms with E-state index in [1.165, 1.54) is 11.3 Å². The van der Waals surface area contributed by atoms with Gasteiger partial charge in [-0.3, -0.25) is 9.59 Å². The minimum Gasteiger partial charge on any atom is -0.339 e. The molecule has 1 fully saturated rings. The van der Waals surface area contributed by atoms with E-state index in [1.54, 1.807) is 28.5 Å². The molecule has 0 atom stereocenters. The normalized spacial score (nSPS) is 13.5. The number of likely N-dealkylation sites (tertiary alicyclic amines) is 1. The van der Waals surface area contributed by atoms with Gasteiger partial charge >= 0.3 is 0 Å². The molecule has 0 spiro atoms. The number of carbonyl (C=O) groups is 2. The Labute approximate surface area is 172 Å². The van der Waals surface area contributed by atoms with Crippen LogP contribution in [-0.4, -0.2) is 34.8 Å². The summed E-state index contributed by atoms with van der Waals surface area (Å²) in [5, 5.41) is 5.75. The Hall–Kier alpha value is -2.70. The highest BCUT2D eigenvalue weighted by molar-refractivity contribution is 7.13. The SMILES string of the molecule is O=C(Nc1cc(Cl)ccc1C(=O)N1CCCC1)c1csc(-c2ccccc2)n1. The number of hydrogen-bond acceptors (Lipinski definition) is 4. The average Bonchev–Trinajstić information content (AvgIpc) is 3.41. The van der Waals surface area contributed by atoms with Crippen molar-refractivity contribution in [3.8, 4) is 10.6 Å². The number of aromatic nitrogens is 1. The van der Waals surface area contributed by atoms with Crippen LogP contribution in [0.25, 0.3) is 10.6 Å². The molecule has 4 rings (SSSR count). The smallest absolute Gasteiger partial charge is 0.275 e. The second kappa shape index (κ2) is 8.12. The Balaban J connectivity index is 1.57. The summed E-state index contributed by atoms with van der Waals surface area (Å²) in [6.07, 6.45) is 2.00. The number of benzene rings is 2. The average molecular weight is 412 g/mol. The van der Waals surface area contributed by atoms with Crippen LogP contribution >= 0.6 is 22.9 Å². The summed E-state index contributed by atoms with van der Waals surface area (Å²) in [5.74, 6) is -0.455. The van der Waals surface area contributed by atoms with Gasteiger partial charge in [0.25, 0.3) is 11.8 Å². The summed E-state index contributed by atoms with van der Waals surface area (Å²) in [4.78, 5) is 31.8. The van der Waals surface area contributed by atoms with Gasteiger partial charge in [-0.15, -0.1) is 11.3 Å². The molecule has 1 aromatic heterocycles. The number of nitrogens with one attached hydrogen (secondary N) is 1. The van der Waals surface area contributed by atoms with E-state index in [0.29, 0.717) is 22.0 Å². The lowest BCUT2D eigenvalue weighted by Gasteiger charge is -2.18. The molecule has 1 N–H and O–H groups in total. The van der Waals surface area contributed by atoms with E-state index in [9.17, 15) is 9.59 Å². The minimum atomic E-state index is -0.365. The molecule has 1 aliphatic rings. The first-order valence-electron chi connectivity index (χ1n) is 9.03. The van der Waals surface area contributed by atoms with E-state index in [1.807, 2.05) is 30.3 Å². The molecule has 28 heavy (non-hydrogen) atoms. The van der Waals surface area contributed by atoms with Crippen molar-refractivity contribution in [1.29, 1.82) is 0 Å². The molecule has 1 saturated heterocycles. The Morgan fingerprint density at radius 1 is 1.07 bits per heavy atom. The van der Waals surface area contributed by atoms with Gasteiger partial charge in [0.2, 0.25) is 0 Å². The van der Waals surface area contributed by atoms with Gasteiger partial charge in [0.1, 0.15) is 10.7 Å². The predicted octanol–water partition coefficient (Wildman–Crippen LogP) is 4.95. The summed E-state index contributed by atoms with van der Waals surface area (Å²) in [6.45, 7) is 1.47. The molecule has 5 nitrogen and oxygen atoms in total. The van der Waals surface area contributed by atoms with Gasteiger partial charge < -0.3 is 10.2 Å². The van der Waals surface area contributed by atoms with E-state index in [0.717, 1.165) is 36.5 Å². The van der Waals surface area contributed by atoms with Gasteiger partial charge in [0.15, 0.2) is 0 Å². The van der Waals surface area contributed by atoms with Crippen molar-refractivity contribution in [2.75, 3.05) is 18.4 Å². The maximum Gasteiger partial charge on any atom is 0.275 e. The first kappa shape index (κ1) is 18.7. The fourth-order valence-electron chi connectivity index (χ4n) is 3.17. The van der Waals surface area contributed by atoms with E-state index >= 15 is 0 Å². The largest absolute Gasteiger partial charge is 0.339 e. The van der Waals surface area contributed by atoms with Gasteiger partial charge in [-0.1, -0.05) is 41.9 Å². The predicted molar refractivity (Wildman–Crippen MR) is 112 cm³/mol. The van der Waals surface area contributed by atoms with Crippen LogP contribution in [0.15, 0.2) is 53.9 Å². The Bertz CT molecular complexity index is 1010. The number of halogens is 1. The standard InChI is InChI=1S/C21H18ClN3O2S/c22-15-8-9-16(21(27)25-10-4-5-11-25)17(12-15)23-19(26)18-13-28-20(24-18)14-6-2-1-3-7-14/h1-3,6-9,12-13H,4-5,10-11H2,(H,23,26). The molecule has 2 aromatic carbocycles. The van der Waals surface area contributed by atoms with Crippen LogP contribution in [0.1, 0.15) is 33.7 Å². The van der Waals surface area contributed by atoms with E-state index in [-0.39, 0.29) is 11.8 Å². The zero-order chi connectivity index (χ0) is 19.5. The Kier molecular flexibility index (Phi) is 5.41. The fourth-order valence-corrected chi connectivity index (χ4v) is 4.15. The van der Waals surface area contributed by atoms with Crippen LogP contribution in [0.2, 0.25) is 5.02 Å². The van der Waals surface area contributed by atoms with Crippen molar-refractivity contribution >= 4 is 40.4 Å². The Morgan fingerprint density at radius 3 is 2.57 bits per heavy atom. The van der Waals surface area contributed by atoms with Crippen molar-refractivity contribution in [2.24, 2.45) is 0 Å². The highest BCUT2D eigenvalue weighted by Crippen LogP contribution is 2.27. The topological polar surface area (TPSA) is 62.3 Å². The summed E-state index contributed by atoms with van der Waals surface area (Å²) >= 11 is 7.51. The second-order valence-corrected chi connectivity index (χ2v) is 7.84. The molecule has 0 unspecified atom stereocenters. The number of thiazole rings is 1. The summed E-state index contributed by atoms with van der Waals surface area (Å²) in [7, 11) is 0. The summed E-state index contributed by atoms with van der Waals surface area (Å²) < 4.78 is 0. The van der Waals surface area contributed by atoms with Crippen LogP contribution < -0.4 is 5.32 Å². The van der Waals surface area contributed by atoms with Crippen molar-refractivity contribution in [1.82, 2.24) is 9.88 Å². The van der Waals surface area contributed by atoms with Crippen LogP contribution in [0, 0.1) is 0 Å². The fraction of sp³-hybridized carbons (Fsp3) is 0.190. The zero-order valence-corrected chi connectivity index (χ0v) is 16.6. The highest BCUT2D eigenvalue weighted by Gasteiger charge is 2.23. The van der Waals surface area contributed by atoms with Crippen molar-refractivity contribution in [2.45, 2.75) is 12.8 Å². The van der Waals surface area contributed by atoms with Gasteiger partial charge in [-0.25, -0.2) is 4.98 Å². The number of hydrogen-bond donors (Lipinski definition) is 1. The first-order valence-corrected chi connectivity index (χ1v) is 10.3. The molecule has 0 saturated carbocycles. The van der Waals surface area contributed by atoms with Crippen molar-refractivity contribution in [3.63, 3.8) is 0 Å². The maximum atomic E-state index is 12.8. The van der Waals surface area contributed by atoms with Crippen molar-refractivity contribution in [3.05, 3.63) is 70.2 Å². The molecule has 0 bridgehead atoms. The summed E-state index contributed by atoms with van der Waals surface area (Å²) in [6, 6.07) is 14.6. The minimum absolute atomic E-state index is 0.0901. The molecule has 3 aromatic rings. The molecule has 142 valence electrons. The number of anilines is 1. The van der Waals surface area contributed by atoms with Crippen LogP contribution in [0.3, 0.4) is 0 Å². The van der Waals surface area contributed by atoms with E-state index in [2.05, 4.69) is 10.3 Å². The Morgan fingerprint density at radius 2 is 1.82 bits per heavy atom. The first-order chi connectivity index (χ1) is 13.6. The van der Waals surface area contributed by atoms with Gasteiger partial charge in [-0.2, -0.15) is 0 Å². The van der Waals surface area contributed by atoms with Crippen molar-refractivity contribution < 1.29 is 9.59 Å². The molecule has 0 aliphatic carbocycles. The number of amides is 2. The lowest BCUT2D eigenvalue weighted by molar-refractivity contribution is 0.0794. The number of nitrogens with zero attached hydrogens (tertiary/aromatic N) is 2. The third kappa shape index (κ3) is 3.93. The van der Waals surface area contributed by atoms with Crippen LogP contribution in [0.4, 0.5) is 5.69 Å². The monoisotopic (exact) mass is 411 g/mol. The van der Waals surface area contributed by atoms with Gasteiger partial charge in [-0.05, 0) is 31.0 Å². The molecule has 2 amide bonds. The lowest BCUT2D eigenvalue weighted by atomic mass is 10.1. The lowest BCUT2D eigenvalue weighted by Crippen LogP contribution is -2.28. The number of carbonyl (C=O) groups excluding carboxylic acids is 2. The van der Waals surface area contributed by atoms with E-state index in [4.69, 9.17) is 11.6 Å². The van der Waals surface area contributed by atoms with Crippen LogP contribution in [0.5, 0.6) is 0 Å². The molecular formula is C21H18ClN3O2S.